The molecule has 0 bridgehead atoms. The highest BCUT2D eigenvalue weighted by Gasteiger charge is 2.37. The van der Waals surface area contributed by atoms with Crippen molar-refractivity contribution in [1.29, 1.82) is 0 Å². The number of hydrogen-bond acceptors (Lipinski definition) is 4. The highest BCUT2D eigenvalue weighted by Crippen LogP contribution is 2.22. The number of rotatable bonds is 2. The number of hydrogen-bond donors (Lipinski definition) is 1. The molecule has 1 aliphatic rings. The van der Waals surface area contributed by atoms with E-state index in [1.165, 1.54) is 12.0 Å². The molecule has 0 radical (unpaired) electrons. The second-order valence-electron chi connectivity index (χ2n) is 5.43. The molecular weight excluding hydrogens is 238 g/mol. The van der Waals surface area contributed by atoms with Crippen LogP contribution in [0.4, 0.5) is 4.79 Å². The van der Waals surface area contributed by atoms with Crippen LogP contribution in [0, 0.1) is 5.92 Å². The molecule has 0 aromatic carbocycles. The van der Waals surface area contributed by atoms with E-state index < -0.39 is 29.7 Å². The number of amides is 1. The molecular formula is C12H21NO5. The summed E-state index contributed by atoms with van der Waals surface area (Å²) in [5.41, 5.74) is -0.552. The van der Waals surface area contributed by atoms with Crippen LogP contribution in [-0.4, -0.2) is 54.0 Å². The Balaban J connectivity index is 2.62. The molecule has 1 saturated heterocycles. The molecule has 6 heteroatoms. The van der Waals surface area contributed by atoms with E-state index in [-0.39, 0.29) is 6.54 Å². The van der Waals surface area contributed by atoms with Crippen LogP contribution in [-0.2, 0) is 14.3 Å². The van der Waals surface area contributed by atoms with E-state index >= 15 is 0 Å². The van der Waals surface area contributed by atoms with Gasteiger partial charge in [0.1, 0.15) is 5.60 Å². The lowest BCUT2D eigenvalue weighted by Crippen LogP contribution is -2.50. The Bertz CT molecular complexity index is 323. The first-order chi connectivity index (χ1) is 8.24. The van der Waals surface area contributed by atoms with Crippen molar-refractivity contribution < 1.29 is 24.2 Å². The molecule has 1 aliphatic heterocycles. The molecule has 104 valence electrons. The summed E-state index contributed by atoms with van der Waals surface area (Å²) < 4.78 is 10.4. The highest BCUT2D eigenvalue weighted by atomic mass is 16.6. The van der Waals surface area contributed by atoms with Crippen molar-refractivity contribution >= 4 is 12.1 Å². The quantitative estimate of drug-likeness (QED) is 0.810. The average molecular weight is 259 g/mol. The van der Waals surface area contributed by atoms with E-state index in [4.69, 9.17) is 14.6 Å². The maximum atomic E-state index is 11.9. The number of methoxy groups -OCH3 is 1. The van der Waals surface area contributed by atoms with E-state index in [2.05, 4.69) is 0 Å². The Labute approximate surface area is 107 Å². The molecule has 0 aliphatic carbocycles. The Hall–Kier alpha value is -1.30. The predicted octanol–water partition coefficient (Wildman–Crippen LogP) is 1.34. The molecule has 1 rings (SSSR count). The van der Waals surface area contributed by atoms with Gasteiger partial charge in [0.05, 0.1) is 18.6 Å². The number of nitrogens with zero attached hydrogens (tertiary/aromatic N) is 1. The van der Waals surface area contributed by atoms with Crippen molar-refractivity contribution in [3.05, 3.63) is 0 Å². The van der Waals surface area contributed by atoms with Gasteiger partial charge in [-0.15, -0.1) is 0 Å². The molecule has 1 amide bonds. The number of carboxylic acid groups (broad SMARTS) is 1. The predicted molar refractivity (Wildman–Crippen MR) is 64.3 cm³/mol. The molecule has 6 nitrogen and oxygen atoms in total. The van der Waals surface area contributed by atoms with Gasteiger partial charge in [0.25, 0.3) is 0 Å². The first-order valence-electron chi connectivity index (χ1n) is 5.98. The Morgan fingerprint density at radius 2 is 1.94 bits per heavy atom. The Morgan fingerprint density at radius 3 is 2.39 bits per heavy atom. The Kier molecular flexibility index (Phi) is 4.56. The summed E-state index contributed by atoms with van der Waals surface area (Å²) in [6.45, 7) is 6.02. The van der Waals surface area contributed by atoms with Crippen molar-refractivity contribution in [1.82, 2.24) is 4.90 Å². The van der Waals surface area contributed by atoms with Crippen molar-refractivity contribution in [3.8, 4) is 0 Å². The van der Waals surface area contributed by atoms with Crippen molar-refractivity contribution in [2.45, 2.75) is 38.9 Å². The average Bonchev–Trinajstić information content (AvgIpc) is 2.25. The topological polar surface area (TPSA) is 76.1 Å². The van der Waals surface area contributed by atoms with Crippen LogP contribution in [0.1, 0.15) is 27.2 Å². The zero-order valence-corrected chi connectivity index (χ0v) is 11.3. The minimum atomic E-state index is -0.884. The SMILES string of the molecule is CO[C@@H]1CN(C(=O)OC(C)(C)C)CCC1C(=O)O. The zero-order valence-electron chi connectivity index (χ0n) is 11.3. The van der Waals surface area contributed by atoms with Gasteiger partial charge in [0.2, 0.25) is 0 Å². The molecule has 0 spiro atoms. The first-order valence-corrected chi connectivity index (χ1v) is 5.98. The van der Waals surface area contributed by atoms with E-state index in [1.54, 1.807) is 20.8 Å². The third kappa shape index (κ3) is 3.87. The third-order valence-corrected chi connectivity index (χ3v) is 2.83. The standard InChI is InChI=1S/C12H21NO5/c1-12(2,3)18-11(16)13-6-5-8(10(14)15)9(7-13)17-4/h8-9H,5-7H2,1-4H3,(H,14,15)/t8?,9-/m1/s1. The summed E-state index contributed by atoms with van der Waals surface area (Å²) in [5, 5.41) is 9.04. The number of ether oxygens (including phenoxy) is 2. The summed E-state index contributed by atoms with van der Waals surface area (Å²) in [5.74, 6) is -1.45. The Morgan fingerprint density at radius 1 is 1.33 bits per heavy atom. The smallest absolute Gasteiger partial charge is 0.410 e. The number of aliphatic carboxylic acids is 1. The van der Waals surface area contributed by atoms with Gasteiger partial charge in [-0.3, -0.25) is 4.79 Å². The summed E-state index contributed by atoms with van der Waals surface area (Å²) >= 11 is 0. The lowest BCUT2D eigenvalue weighted by atomic mass is 9.94. The van der Waals surface area contributed by atoms with Gasteiger partial charge in [0.15, 0.2) is 0 Å². The van der Waals surface area contributed by atoms with Crippen LogP contribution in [0.2, 0.25) is 0 Å². The monoisotopic (exact) mass is 259 g/mol. The second kappa shape index (κ2) is 5.56. The van der Waals surface area contributed by atoms with Crippen molar-refractivity contribution in [2.24, 2.45) is 5.92 Å². The molecule has 1 N–H and O–H groups in total. The van der Waals surface area contributed by atoms with Gasteiger partial charge < -0.3 is 19.5 Å². The summed E-state index contributed by atoms with van der Waals surface area (Å²) in [6.07, 6.45) is -0.523. The fourth-order valence-electron chi connectivity index (χ4n) is 1.93. The summed E-state index contributed by atoms with van der Waals surface area (Å²) in [4.78, 5) is 24.4. The molecule has 1 fully saturated rings. The lowest BCUT2D eigenvalue weighted by Gasteiger charge is -2.36. The van der Waals surface area contributed by atoms with Crippen LogP contribution in [0.3, 0.4) is 0 Å². The number of piperidine rings is 1. The van der Waals surface area contributed by atoms with Crippen LogP contribution >= 0.6 is 0 Å². The van der Waals surface area contributed by atoms with E-state index in [9.17, 15) is 9.59 Å². The molecule has 1 unspecified atom stereocenters. The summed E-state index contributed by atoms with van der Waals surface area (Å²) in [6, 6.07) is 0. The maximum absolute atomic E-state index is 11.9. The third-order valence-electron chi connectivity index (χ3n) is 2.83. The van der Waals surface area contributed by atoms with Gasteiger partial charge in [-0.2, -0.15) is 0 Å². The molecule has 1 heterocycles. The van der Waals surface area contributed by atoms with Crippen LogP contribution in [0.15, 0.2) is 0 Å². The van der Waals surface area contributed by atoms with E-state index in [1.807, 2.05) is 0 Å². The molecule has 0 aromatic heterocycles. The minimum absolute atomic E-state index is 0.252. The van der Waals surface area contributed by atoms with Crippen LogP contribution in [0.5, 0.6) is 0 Å². The van der Waals surface area contributed by atoms with Gasteiger partial charge in [-0.05, 0) is 27.2 Å². The van der Waals surface area contributed by atoms with Crippen molar-refractivity contribution in [3.63, 3.8) is 0 Å². The van der Waals surface area contributed by atoms with Crippen LogP contribution in [0.25, 0.3) is 0 Å². The highest BCUT2D eigenvalue weighted by molar-refractivity contribution is 5.72. The number of likely N-dealkylation sites (tertiary alicyclic amines) is 1. The number of carbonyl (C=O) groups excluding carboxylic acids is 1. The van der Waals surface area contributed by atoms with Gasteiger partial charge >= 0.3 is 12.1 Å². The minimum Gasteiger partial charge on any atom is -0.481 e. The number of carbonyl (C=O) groups is 2. The zero-order chi connectivity index (χ0) is 13.9. The van der Waals surface area contributed by atoms with Gasteiger partial charge in [-0.25, -0.2) is 4.79 Å². The van der Waals surface area contributed by atoms with Gasteiger partial charge in [-0.1, -0.05) is 0 Å². The molecule has 0 aromatic rings. The van der Waals surface area contributed by atoms with Crippen LogP contribution < -0.4 is 0 Å². The molecule has 2 atom stereocenters. The number of carboxylic acids is 1. The fourth-order valence-corrected chi connectivity index (χ4v) is 1.93. The summed E-state index contributed by atoms with van der Waals surface area (Å²) in [7, 11) is 1.46. The van der Waals surface area contributed by atoms with Gasteiger partial charge in [0, 0.05) is 13.7 Å². The molecule has 0 saturated carbocycles. The lowest BCUT2D eigenvalue weighted by molar-refractivity contribution is -0.150. The van der Waals surface area contributed by atoms with E-state index in [0.29, 0.717) is 13.0 Å². The first kappa shape index (κ1) is 14.8. The van der Waals surface area contributed by atoms with Crippen molar-refractivity contribution in [2.75, 3.05) is 20.2 Å². The molecule has 18 heavy (non-hydrogen) atoms. The normalized spacial score (nSPS) is 24.8. The van der Waals surface area contributed by atoms with E-state index in [0.717, 1.165) is 0 Å². The maximum Gasteiger partial charge on any atom is 0.410 e. The fraction of sp³-hybridized carbons (Fsp3) is 0.833. The largest absolute Gasteiger partial charge is 0.481 e. The second-order valence-corrected chi connectivity index (χ2v) is 5.43.